The molecule has 4 aromatic rings. The van der Waals surface area contributed by atoms with Crippen molar-refractivity contribution in [1.29, 1.82) is 0 Å². The molecule has 2 aromatic heterocycles. The zero-order chi connectivity index (χ0) is 17.1. The Balaban J connectivity index is 1.89. The standard InChI is InChI=1S/C20H16N2OS2/c1-23-17-11-9-15(10-12-17)21-20-22(16-6-3-2-4-7-16)18(14-25-20)19-8-5-13-24-19/h2-14H,1H3. The van der Waals surface area contributed by atoms with Crippen molar-refractivity contribution in [2.45, 2.75) is 0 Å². The summed E-state index contributed by atoms with van der Waals surface area (Å²) in [4.78, 5) is 7.03. The second kappa shape index (κ2) is 7.09. The zero-order valence-electron chi connectivity index (χ0n) is 13.6. The average molecular weight is 364 g/mol. The molecule has 25 heavy (non-hydrogen) atoms. The van der Waals surface area contributed by atoms with Crippen molar-refractivity contribution in [2.24, 2.45) is 4.99 Å². The number of thiophene rings is 1. The maximum atomic E-state index is 5.22. The molecular weight excluding hydrogens is 348 g/mol. The van der Waals surface area contributed by atoms with Crippen LogP contribution in [0, 0.1) is 0 Å². The van der Waals surface area contributed by atoms with Gasteiger partial charge in [-0.3, -0.25) is 4.57 Å². The summed E-state index contributed by atoms with van der Waals surface area (Å²) in [6.45, 7) is 0. The van der Waals surface area contributed by atoms with E-state index in [4.69, 9.17) is 9.73 Å². The Bertz CT molecular complexity index is 1010. The predicted molar refractivity (Wildman–Crippen MR) is 105 cm³/mol. The summed E-state index contributed by atoms with van der Waals surface area (Å²) in [7, 11) is 1.67. The van der Waals surface area contributed by atoms with Gasteiger partial charge in [0.2, 0.25) is 0 Å². The van der Waals surface area contributed by atoms with Gasteiger partial charge in [-0.1, -0.05) is 24.3 Å². The van der Waals surface area contributed by atoms with E-state index in [0.717, 1.165) is 21.9 Å². The minimum atomic E-state index is 0.834. The van der Waals surface area contributed by atoms with Crippen molar-refractivity contribution in [3.63, 3.8) is 0 Å². The molecule has 124 valence electrons. The maximum absolute atomic E-state index is 5.22. The highest BCUT2D eigenvalue weighted by molar-refractivity contribution is 7.14. The van der Waals surface area contributed by atoms with Gasteiger partial charge in [-0.05, 0) is 47.8 Å². The zero-order valence-corrected chi connectivity index (χ0v) is 15.3. The van der Waals surface area contributed by atoms with E-state index >= 15 is 0 Å². The first-order valence-electron chi connectivity index (χ1n) is 7.84. The molecule has 0 unspecified atom stereocenters. The highest BCUT2D eigenvalue weighted by atomic mass is 32.1. The van der Waals surface area contributed by atoms with Crippen LogP contribution in [0.15, 0.2) is 82.5 Å². The first-order chi connectivity index (χ1) is 12.3. The van der Waals surface area contributed by atoms with Crippen LogP contribution in [-0.2, 0) is 0 Å². The molecule has 0 saturated heterocycles. The normalized spacial score (nSPS) is 11.6. The summed E-state index contributed by atoms with van der Waals surface area (Å²) in [5.41, 5.74) is 3.18. The SMILES string of the molecule is COc1ccc(N=c2scc(-c3cccs3)n2-c2ccccc2)cc1. The van der Waals surface area contributed by atoms with Gasteiger partial charge >= 0.3 is 0 Å². The Hall–Kier alpha value is -2.63. The molecule has 0 saturated carbocycles. The number of hydrogen-bond donors (Lipinski definition) is 0. The van der Waals surface area contributed by atoms with Crippen LogP contribution >= 0.6 is 22.7 Å². The van der Waals surface area contributed by atoms with Crippen LogP contribution in [0.3, 0.4) is 0 Å². The lowest BCUT2D eigenvalue weighted by Crippen LogP contribution is -2.13. The average Bonchev–Trinajstić information content (AvgIpc) is 3.32. The molecule has 0 radical (unpaired) electrons. The van der Waals surface area contributed by atoms with Crippen molar-refractivity contribution in [3.05, 3.63) is 82.3 Å². The van der Waals surface area contributed by atoms with Crippen LogP contribution in [0.25, 0.3) is 16.3 Å². The van der Waals surface area contributed by atoms with Crippen LogP contribution in [-0.4, -0.2) is 11.7 Å². The van der Waals surface area contributed by atoms with E-state index in [0.29, 0.717) is 0 Å². The fraction of sp³-hybridized carbons (Fsp3) is 0.0500. The minimum Gasteiger partial charge on any atom is -0.497 e. The number of rotatable bonds is 4. The van der Waals surface area contributed by atoms with Crippen LogP contribution in [0.2, 0.25) is 0 Å². The Labute approximate surface area is 154 Å². The van der Waals surface area contributed by atoms with Crippen molar-refractivity contribution in [3.8, 4) is 22.0 Å². The van der Waals surface area contributed by atoms with Crippen molar-refractivity contribution >= 4 is 28.4 Å². The van der Waals surface area contributed by atoms with E-state index in [1.54, 1.807) is 29.8 Å². The first kappa shape index (κ1) is 15.9. The van der Waals surface area contributed by atoms with E-state index in [-0.39, 0.29) is 0 Å². The molecule has 0 fully saturated rings. The second-order valence-electron chi connectivity index (χ2n) is 5.36. The van der Waals surface area contributed by atoms with Gasteiger partial charge in [0.15, 0.2) is 4.80 Å². The number of benzene rings is 2. The van der Waals surface area contributed by atoms with Crippen LogP contribution < -0.4 is 9.54 Å². The second-order valence-corrected chi connectivity index (χ2v) is 7.15. The molecule has 5 heteroatoms. The molecule has 4 rings (SSSR count). The third-order valence-corrected chi connectivity index (χ3v) is 5.51. The smallest absolute Gasteiger partial charge is 0.195 e. The molecule has 3 nitrogen and oxygen atoms in total. The molecule has 2 aromatic carbocycles. The van der Waals surface area contributed by atoms with Gasteiger partial charge in [-0.15, -0.1) is 22.7 Å². The molecule has 0 bridgehead atoms. The van der Waals surface area contributed by atoms with Gasteiger partial charge in [0, 0.05) is 11.1 Å². The quantitative estimate of drug-likeness (QED) is 0.469. The van der Waals surface area contributed by atoms with E-state index in [9.17, 15) is 0 Å². The lowest BCUT2D eigenvalue weighted by Gasteiger charge is -2.07. The number of hydrogen-bond acceptors (Lipinski definition) is 4. The molecule has 0 spiro atoms. The van der Waals surface area contributed by atoms with Crippen molar-refractivity contribution in [2.75, 3.05) is 7.11 Å². The third-order valence-electron chi connectivity index (χ3n) is 3.79. The Morgan fingerprint density at radius 3 is 2.36 bits per heavy atom. The fourth-order valence-electron chi connectivity index (χ4n) is 2.58. The Morgan fingerprint density at radius 1 is 0.880 bits per heavy atom. The number of methoxy groups -OCH3 is 1. The Kier molecular flexibility index (Phi) is 4.50. The summed E-state index contributed by atoms with van der Waals surface area (Å²) >= 11 is 3.38. The number of ether oxygens (including phenoxy) is 1. The van der Waals surface area contributed by atoms with E-state index < -0.39 is 0 Å². The van der Waals surface area contributed by atoms with E-state index in [1.807, 2.05) is 30.3 Å². The number of aromatic nitrogens is 1. The summed E-state index contributed by atoms with van der Waals surface area (Å²) in [6, 6.07) is 22.4. The minimum absolute atomic E-state index is 0.834. The molecule has 2 heterocycles. The molecule has 0 aliphatic rings. The summed E-state index contributed by atoms with van der Waals surface area (Å²) in [6.07, 6.45) is 0. The summed E-state index contributed by atoms with van der Waals surface area (Å²) < 4.78 is 7.43. The lowest BCUT2D eigenvalue weighted by molar-refractivity contribution is 0.415. The summed E-state index contributed by atoms with van der Waals surface area (Å²) in [5, 5.41) is 4.27. The Morgan fingerprint density at radius 2 is 1.68 bits per heavy atom. The molecule has 0 amide bonds. The van der Waals surface area contributed by atoms with Crippen LogP contribution in [0.1, 0.15) is 0 Å². The van der Waals surface area contributed by atoms with Gasteiger partial charge in [0.1, 0.15) is 5.75 Å². The fourth-order valence-corrected chi connectivity index (χ4v) is 4.30. The van der Waals surface area contributed by atoms with Gasteiger partial charge in [0.05, 0.1) is 23.4 Å². The molecule has 0 N–H and O–H groups in total. The van der Waals surface area contributed by atoms with Crippen molar-refractivity contribution in [1.82, 2.24) is 4.57 Å². The van der Waals surface area contributed by atoms with Crippen LogP contribution in [0.4, 0.5) is 5.69 Å². The predicted octanol–water partition coefficient (Wildman–Crippen LogP) is 5.51. The molecule has 0 atom stereocenters. The molecule has 0 aliphatic heterocycles. The first-order valence-corrected chi connectivity index (χ1v) is 9.60. The number of para-hydroxylation sites is 1. The van der Waals surface area contributed by atoms with E-state index in [2.05, 4.69) is 51.7 Å². The van der Waals surface area contributed by atoms with Gasteiger partial charge < -0.3 is 4.74 Å². The largest absolute Gasteiger partial charge is 0.497 e. The molecular formula is C20H16N2OS2. The maximum Gasteiger partial charge on any atom is 0.195 e. The monoisotopic (exact) mass is 364 g/mol. The number of thiazole rings is 1. The van der Waals surface area contributed by atoms with Gasteiger partial charge in [0.25, 0.3) is 0 Å². The number of nitrogens with zero attached hydrogens (tertiary/aromatic N) is 2. The van der Waals surface area contributed by atoms with Crippen molar-refractivity contribution < 1.29 is 4.74 Å². The van der Waals surface area contributed by atoms with Crippen LogP contribution in [0.5, 0.6) is 5.75 Å². The lowest BCUT2D eigenvalue weighted by atomic mass is 10.3. The van der Waals surface area contributed by atoms with Gasteiger partial charge in [-0.2, -0.15) is 0 Å². The summed E-state index contributed by atoms with van der Waals surface area (Å²) in [5.74, 6) is 0.834. The van der Waals surface area contributed by atoms with Gasteiger partial charge in [-0.25, -0.2) is 4.99 Å². The molecule has 0 aliphatic carbocycles. The topological polar surface area (TPSA) is 26.5 Å². The van der Waals surface area contributed by atoms with E-state index in [1.165, 1.54) is 10.6 Å². The third kappa shape index (κ3) is 3.29. The highest BCUT2D eigenvalue weighted by Gasteiger charge is 2.10. The highest BCUT2D eigenvalue weighted by Crippen LogP contribution is 2.28.